The van der Waals surface area contributed by atoms with Crippen LogP contribution in [0, 0.1) is 0 Å². The summed E-state index contributed by atoms with van der Waals surface area (Å²) in [4.78, 5) is 34.3. The molecule has 7 heteroatoms. The van der Waals surface area contributed by atoms with Crippen molar-refractivity contribution >= 4 is 17.7 Å². The number of alkyl halides is 2. The highest BCUT2D eigenvalue weighted by atomic mass is 19.3. The van der Waals surface area contributed by atoms with Crippen LogP contribution in [0.4, 0.5) is 8.78 Å². The van der Waals surface area contributed by atoms with Crippen molar-refractivity contribution in [1.29, 1.82) is 0 Å². The van der Waals surface area contributed by atoms with Gasteiger partial charge in [0, 0.05) is 12.8 Å². The zero-order valence-electron chi connectivity index (χ0n) is 13.5. The van der Waals surface area contributed by atoms with Crippen LogP contribution in [-0.4, -0.2) is 36.2 Å². The van der Waals surface area contributed by atoms with Crippen LogP contribution in [0.5, 0.6) is 0 Å². The summed E-state index contributed by atoms with van der Waals surface area (Å²) in [5, 5.41) is 1.89. The number of carbonyl (C=O) groups excluding carboxylic acids is 3. The molecule has 1 N–H and O–H groups in total. The number of hydrogen-bond acceptors (Lipinski definition) is 4. The predicted molar refractivity (Wildman–Crippen MR) is 80.1 cm³/mol. The van der Waals surface area contributed by atoms with Crippen molar-refractivity contribution in [2.75, 3.05) is 6.61 Å². The van der Waals surface area contributed by atoms with E-state index >= 15 is 0 Å². The average molecular weight is 333 g/mol. The first kappa shape index (κ1) is 19.5. The van der Waals surface area contributed by atoms with Crippen LogP contribution < -0.4 is 5.32 Å². The maximum atomic E-state index is 13.8. The number of rotatable bonds is 11. The number of halogens is 2. The molecule has 0 saturated carbocycles. The monoisotopic (exact) mass is 333 g/mol. The maximum Gasteiger partial charge on any atom is 0.381 e. The Balaban J connectivity index is 2.29. The van der Waals surface area contributed by atoms with Crippen molar-refractivity contribution in [2.24, 2.45) is 0 Å². The van der Waals surface area contributed by atoms with E-state index in [0.29, 0.717) is 12.8 Å². The van der Waals surface area contributed by atoms with Crippen molar-refractivity contribution in [1.82, 2.24) is 5.32 Å². The van der Waals surface area contributed by atoms with Gasteiger partial charge in [0.1, 0.15) is 6.04 Å². The van der Waals surface area contributed by atoms with Gasteiger partial charge in [0.15, 0.2) is 0 Å². The Morgan fingerprint density at radius 2 is 1.78 bits per heavy atom. The van der Waals surface area contributed by atoms with Gasteiger partial charge in [0.25, 0.3) is 5.91 Å². The van der Waals surface area contributed by atoms with Gasteiger partial charge < -0.3 is 10.1 Å². The van der Waals surface area contributed by atoms with Gasteiger partial charge in [-0.15, -0.1) is 0 Å². The van der Waals surface area contributed by atoms with E-state index < -0.39 is 29.6 Å². The van der Waals surface area contributed by atoms with Gasteiger partial charge in [0.2, 0.25) is 5.78 Å². The van der Waals surface area contributed by atoms with Gasteiger partial charge in [-0.2, -0.15) is 8.78 Å². The van der Waals surface area contributed by atoms with Crippen molar-refractivity contribution < 1.29 is 27.9 Å². The molecule has 0 aliphatic carbocycles. The lowest BCUT2D eigenvalue weighted by atomic mass is 10.0. The summed E-state index contributed by atoms with van der Waals surface area (Å²) in [6.45, 7) is 2.19. The number of nitrogens with one attached hydrogen (secondary N) is 1. The first-order chi connectivity index (χ1) is 10.9. The molecule has 5 nitrogen and oxygen atoms in total. The zero-order valence-corrected chi connectivity index (χ0v) is 13.5. The van der Waals surface area contributed by atoms with Gasteiger partial charge in [-0.3, -0.25) is 9.59 Å². The zero-order chi connectivity index (χ0) is 17.3. The molecule has 1 aliphatic heterocycles. The van der Waals surface area contributed by atoms with E-state index in [1.807, 2.05) is 5.32 Å². The predicted octanol–water partition coefficient (Wildman–Crippen LogP) is 2.76. The standard InChI is InChI=1S/C16H25F2NO4/c1-2-3-4-5-6-7-8-9-13(20)16(17,18)15(22)19-12-10-11-23-14(12)21/h12H,2-11H2,1H3,(H,19,22)/t12-/m0/s1. The van der Waals surface area contributed by atoms with E-state index in [1.54, 1.807) is 0 Å². The Labute approximate surface area is 135 Å². The van der Waals surface area contributed by atoms with Gasteiger partial charge in [-0.1, -0.05) is 45.4 Å². The van der Waals surface area contributed by atoms with Crippen LogP contribution in [0.2, 0.25) is 0 Å². The summed E-state index contributed by atoms with van der Waals surface area (Å²) in [5.41, 5.74) is 0. The number of cyclic esters (lactones) is 1. The molecule has 1 amide bonds. The number of esters is 1. The van der Waals surface area contributed by atoms with Crippen LogP contribution in [0.15, 0.2) is 0 Å². The summed E-state index contributed by atoms with van der Waals surface area (Å²) in [6.07, 6.45) is 6.19. The lowest BCUT2D eigenvalue weighted by Crippen LogP contribution is -2.50. The molecule has 23 heavy (non-hydrogen) atoms. The second-order valence-corrected chi connectivity index (χ2v) is 5.85. The Bertz CT molecular complexity index is 426. The van der Waals surface area contributed by atoms with E-state index in [2.05, 4.69) is 11.7 Å². The molecule has 1 rings (SSSR count). The van der Waals surface area contributed by atoms with E-state index in [-0.39, 0.29) is 19.4 Å². The van der Waals surface area contributed by atoms with Crippen LogP contribution >= 0.6 is 0 Å². The summed E-state index contributed by atoms with van der Waals surface area (Å²) < 4.78 is 32.1. The highest BCUT2D eigenvalue weighted by Gasteiger charge is 2.47. The molecular weight excluding hydrogens is 308 g/mol. The van der Waals surface area contributed by atoms with Crippen molar-refractivity contribution in [3.8, 4) is 0 Å². The summed E-state index contributed by atoms with van der Waals surface area (Å²) in [6, 6.07) is -1.08. The second kappa shape index (κ2) is 9.57. The van der Waals surface area contributed by atoms with Crippen LogP contribution in [0.3, 0.4) is 0 Å². The molecule has 1 heterocycles. The van der Waals surface area contributed by atoms with Crippen LogP contribution in [0.1, 0.15) is 64.7 Å². The molecule has 0 spiro atoms. The molecule has 0 radical (unpaired) electrons. The minimum absolute atomic E-state index is 0.0847. The molecule has 0 unspecified atom stereocenters. The number of carbonyl (C=O) groups is 3. The lowest BCUT2D eigenvalue weighted by molar-refractivity contribution is -0.160. The highest BCUT2D eigenvalue weighted by Crippen LogP contribution is 2.20. The normalized spacial score (nSPS) is 17.9. The molecule has 1 aliphatic rings. The molecule has 1 atom stereocenters. The number of hydrogen-bond donors (Lipinski definition) is 1. The van der Waals surface area contributed by atoms with E-state index in [1.165, 1.54) is 0 Å². The van der Waals surface area contributed by atoms with Gasteiger partial charge in [-0.05, 0) is 6.42 Å². The quantitative estimate of drug-likeness (QED) is 0.358. The highest BCUT2D eigenvalue weighted by molar-refractivity contribution is 6.08. The fraction of sp³-hybridized carbons (Fsp3) is 0.812. The fourth-order valence-corrected chi connectivity index (χ4v) is 2.40. The molecule has 0 aromatic rings. The maximum absolute atomic E-state index is 13.8. The third-order valence-corrected chi connectivity index (χ3v) is 3.88. The van der Waals surface area contributed by atoms with Crippen molar-refractivity contribution in [3.63, 3.8) is 0 Å². The van der Waals surface area contributed by atoms with Crippen LogP contribution in [-0.2, 0) is 19.1 Å². The number of Topliss-reactive ketones (excluding diaryl/α,β-unsaturated/α-hetero) is 1. The molecule has 0 aromatic carbocycles. The third-order valence-electron chi connectivity index (χ3n) is 3.88. The largest absolute Gasteiger partial charge is 0.464 e. The first-order valence-corrected chi connectivity index (χ1v) is 8.28. The Morgan fingerprint density at radius 3 is 2.35 bits per heavy atom. The summed E-state index contributed by atoms with van der Waals surface area (Å²) in [5.74, 6) is -7.94. The molecule has 1 saturated heterocycles. The topological polar surface area (TPSA) is 72.5 Å². The van der Waals surface area contributed by atoms with Gasteiger partial charge >= 0.3 is 11.9 Å². The van der Waals surface area contributed by atoms with E-state index in [9.17, 15) is 23.2 Å². The third kappa shape index (κ3) is 6.23. The number of ether oxygens (including phenoxy) is 1. The smallest absolute Gasteiger partial charge is 0.381 e. The number of ketones is 1. The van der Waals surface area contributed by atoms with Crippen molar-refractivity contribution in [3.05, 3.63) is 0 Å². The minimum atomic E-state index is -4.09. The molecule has 132 valence electrons. The van der Waals surface area contributed by atoms with E-state index in [0.717, 1.165) is 32.1 Å². The SMILES string of the molecule is CCCCCCCCCC(=O)C(F)(F)C(=O)N[C@H]1CCOC1=O. The minimum Gasteiger partial charge on any atom is -0.464 e. The Morgan fingerprint density at radius 1 is 1.17 bits per heavy atom. The van der Waals surface area contributed by atoms with Gasteiger partial charge in [0.05, 0.1) is 6.61 Å². The second-order valence-electron chi connectivity index (χ2n) is 5.85. The fourth-order valence-electron chi connectivity index (χ4n) is 2.40. The number of unbranched alkanes of at least 4 members (excludes halogenated alkanes) is 6. The van der Waals surface area contributed by atoms with Crippen LogP contribution in [0.25, 0.3) is 0 Å². The number of amides is 1. The average Bonchev–Trinajstić information content (AvgIpc) is 2.91. The van der Waals surface area contributed by atoms with Gasteiger partial charge in [-0.25, -0.2) is 4.79 Å². The molecule has 0 bridgehead atoms. The summed E-state index contributed by atoms with van der Waals surface area (Å²) >= 11 is 0. The molecular formula is C16H25F2NO4. The summed E-state index contributed by atoms with van der Waals surface area (Å²) in [7, 11) is 0. The lowest BCUT2D eigenvalue weighted by Gasteiger charge is -2.16. The van der Waals surface area contributed by atoms with Crippen molar-refractivity contribution in [2.45, 2.75) is 76.7 Å². The molecule has 1 fully saturated rings. The Hall–Kier alpha value is -1.53. The van der Waals surface area contributed by atoms with E-state index in [4.69, 9.17) is 0 Å². The molecule has 0 aromatic heterocycles. The first-order valence-electron chi connectivity index (χ1n) is 8.28. The Kier molecular flexibility index (Phi) is 8.12.